The minimum atomic E-state index is -3.74. The van der Waals surface area contributed by atoms with Crippen LogP contribution in [0, 0.1) is 0 Å². The maximum atomic E-state index is 12.9. The fraction of sp³-hybridized carbons (Fsp3) is 0.429. The van der Waals surface area contributed by atoms with Crippen LogP contribution in [0.15, 0.2) is 41.4 Å². The third-order valence-electron chi connectivity index (χ3n) is 5.35. The highest BCUT2D eigenvalue weighted by atomic mass is 32.2. The van der Waals surface area contributed by atoms with Gasteiger partial charge in [-0.05, 0) is 25.1 Å². The minimum absolute atomic E-state index is 0.0310. The lowest BCUT2D eigenvalue weighted by atomic mass is 10.1. The summed E-state index contributed by atoms with van der Waals surface area (Å²) < 4.78 is 34.1. The molecule has 10 nitrogen and oxygen atoms in total. The average molecular weight is 465 g/mol. The van der Waals surface area contributed by atoms with Gasteiger partial charge in [-0.25, -0.2) is 8.42 Å². The van der Waals surface area contributed by atoms with Crippen molar-refractivity contribution in [2.75, 3.05) is 39.3 Å². The number of hydrogen-bond acceptors (Lipinski definition) is 7. The van der Waals surface area contributed by atoms with E-state index in [1.54, 1.807) is 31.3 Å². The van der Waals surface area contributed by atoms with Crippen molar-refractivity contribution in [3.05, 3.63) is 47.8 Å². The van der Waals surface area contributed by atoms with Crippen molar-refractivity contribution in [3.63, 3.8) is 0 Å². The Balaban J connectivity index is 1.51. The van der Waals surface area contributed by atoms with E-state index in [0.29, 0.717) is 30.9 Å². The van der Waals surface area contributed by atoms with Gasteiger partial charge in [0.15, 0.2) is 5.78 Å². The molecule has 1 amide bonds. The number of piperazine rings is 1. The third kappa shape index (κ3) is 5.54. The van der Waals surface area contributed by atoms with Crippen LogP contribution in [-0.4, -0.2) is 84.4 Å². The van der Waals surface area contributed by atoms with Crippen LogP contribution in [0.5, 0.6) is 5.75 Å². The monoisotopic (exact) mass is 464 g/mol. The van der Waals surface area contributed by atoms with Crippen molar-refractivity contribution < 1.29 is 27.9 Å². The molecule has 0 radical (unpaired) electrons. The number of aliphatic hydroxyl groups excluding tert-OH is 1. The van der Waals surface area contributed by atoms with Crippen molar-refractivity contribution >= 4 is 21.7 Å². The van der Waals surface area contributed by atoms with Crippen molar-refractivity contribution in [1.29, 1.82) is 0 Å². The van der Waals surface area contributed by atoms with Gasteiger partial charge < -0.3 is 20.1 Å². The molecule has 1 aliphatic rings. The van der Waals surface area contributed by atoms with E-state index in [2.05, 4.69) is 0 Å². The highest BCUT2D eigenvalue weighted by molar-refractivity contribution is 7.89. The van der Waals surface area contributed by atoms with E-state index in [9.17, 15) is 23.1 Å². The number of ketones is 1. The van der Waals surface area contributed by atoms with E-state index in [1.807, 2.05) is 4.90 Å². The number of hydrogen-bond donors (Lipinski definition) is 2. The Morgan fingerprint density at radius 2 is 1.88 bits per heavy atom. The number of carbonyl (C=O) groups excluding carboxylic acids is 2. The summed E-state index contributed by atoms with van der Waals surface area (Å²) in [5.41, 5.74) is 5.93. The number of β-amino-alcohol motifs (C(OH)–C–C–N with tert-alkyl or cyclic N) is 1. The summed E-state index contributed by atoms with van der Waals surface area (Å²) >= 11 is 0. The first-order valence-electron chi connectivity index (χ1n) is 10.2. The van der Waals surface area contributed by atoms with Gasteiger partial charge in [0.1, 0.15) is 29.0 Å². The van der Waals surface area contributed by atoms with E-state index in [4.69, 9.17) is 10.5 Å². The molecule has 3 rings (SSSR count). The average Bonchev–Trinajstić information content (AvgIpc) is 3.16. The molecule has 0 spiro atoms. The number of primary amides is 1. The number of aryl methyl sites for hydroxylation is 1. The molecule has 174 valence electrons. The van der Waals surface area contributed by atoms with Gasteiger partial charge >= 0.3 is 0 Å². The van der Waals surface area contributed by atoms with E-state index in [1.165, 1.54) is 28.1 Å². The number of nitrogens with two attached hydrogens (primary N) is 1. The standard InChI is InChI=1S/C21H28N4O6S/c1-15(26)16-4-3-5-18(10-16)31-14-17(27)12-24-6-8-25(9-7-24)32(29,30)19-11-20(21(22)28)23(2)13-19/h3-5,10-11,13,17,27H,6-9,12,14H2,1-2H3,(H2,22,28). The molecule has 0 saturated carbocycles. The zero-order chi connectivity index (χ0) is 23.5. The number of ether oxygens (including phenoxy) is 1. The molecule has 1 aromatic carbocycles. The lowest BCUT2D eigenvalue weighted by Crippen LogP contribution is -2.50. The first kappa shape index (κ1) is 23.9. The quantitative estimate of drug-likeness (QED) is 0.502. The van der Waals surface area contributed by atoms with Crippen LogP contribution < -0.4 is 10.5 Å². The minimum Gasteiger partial charge on any atom is -0.491 e. The van der Waals surface area contributed by atoms with Crippen LogP contribution in [0.4, 0.5) is 0 Å². The zero-order valence-electron chi connectivity index (χ0n) is 18.1. The molecule has 2 heterocycles. The summed E-state index contributed by atoms with van der Waals surface area (Å²) in [5, 5.41) is 10.3. The molecule has 3 N–H and O–H groups in total. The van der Waals surface area contributed by atoms with E-state index < -0.39 is 22.0 Å². The number of amides is 1. The number of sulfonamides is 1. The first-order chi connectivity index (χ1) is 15.1. The highest BCUT2D eigenvalue weighted by Crippen LogP contribution is 2.20. The van der Waals surface area contributed by atoms with Gasteiger partial charge in [-0.15, -0.1) is 0 Å². The van der Waals surface area contributed by atoms with E-state index in [0.717, 1.165) is 0 Å². The van der Waals surface area contributed by atoms with Crippen molar-refractivity contribution in [2.24, 2.45) is 12.8 Å². The van der Waals surface area contributed by atoms with Crippen LogP contribution in [0.25, 0.3) is 0 Å². The van der Waals surface area contributed by atoms with Gasteiger partial charge in [-0.2, -0.15) is 4.31 Å². The summed E-state index contributed by atoms with van der Waals surface area (Å²) in [4.78, 5) is 24.9. The largest absolute Gasteiger partial charge is 0.491 e. The number of rotatable bonds is 9. The summed E-state index contributed by atoms with van der Waals surface area (Å²) in [6, 6.07) is 8.05. The second kappa shape index (κ2) is 9.82. The summed E-state index contributed by atoms with van der Waals surface area (Å²) in [6.45, 7) is 3.28. The van der Waals surface area contributed by atoms with Gasteiger partial charge in [0.25, 0.3) is 5.91 Å². The SMILES string of the molecule is CC(=O)c1cccc(OCC(O)CN2CCN(S(=O)(=O)c3cc(C(N)=O)n(C)c3)CC2)c1. The van der Waals surface area contributed by atoms with E-state index in [-0.39, 0.29) is 36.1 Å². The molecule has 1 aromatic heterocycles. The Morgan fingerprint density at radius 3 is 2.47 bits per heavy atom. The number of carbonyl (C=O) groups is 2. The van der Waals surface area contributed by atoms with Crippen LogP contribution in [0.2, 0.25) is 0 Å². The van der Waals surface area contributed by atoms with Gasteiger partial charge in [0.05, 0.1) is 0 Å². The topological polar surface area (TPSA) is 135 Å². The molecule has 2 aromatic rings. The maximum Gasteiger partial charge on any atom is 0.265 e. The lowest BCUT2D eigenvalue weighted by Gasteiger charge is -2.34. The summed E-state index contributed by atoms with van der Waals surface area (Å²) in [6.07, 6.45) is 0.607. The lowest BCUT2D eigenvalue weighted by molar-refractivity contribution is 0.0569. The maximum absolute atomic E-state index is 12.9. The molecule has 1 fully saturated rings. The summed E-state index contributed by atoms with van der Waals surface area (Å²) in [5.74, 6) is -0.251. The normalized spacial score (nSPS) is 16.6. The number of benzene rings is 1. The Kier molecular flexibility index (Phi) is 7.34. The molecule has 1 saturated heterocycles. The molecule has 1 unspecified atom stereocenters. The first-order valence-corrected chi connectivity index (χ1v) is 11.6. The van der Waals surface area contributed by atoms with E-state index >= 15 is 0 Å². The molecular weight excluding hydrogens is 436 g/mol. The Morgan fingerprint density at radius 1 is 1.19 bits per heavy atom. The fourth-order valence-corrected chi connectivity index (χ4v) is 5.06. The zero-order valence-corrected chi connectivity index (χ0v) is 18.9. The van der Waals surface area contributed by atoms with Gasteiger partial charge in [0, 0.05) is 51.5 Å². The second-order valence-electron chi connectivity index (χ2n) is 7.79. The number of nitrogens with zero attached hydrogens (tertiary/aromatic N) is 3. The number of aliphatic hydroxyl groups is 1. The highest BCUT2D eigenvalue weighted by Gasteiger charge is 2.30. The van der Waals surface area contributed by atoms with Gasteiger partial charge in [-0.3, -0.25) is 14.5 Å². The van der Waals surface area contributed by atoms with Crippen molar-refractivity contribution in [1.82, 2.24) is 13.8 Å². The van der Waals surface area contributed by atoms with Gasteiger partial charge in [-0.1, -0.05) is 12.1 Å². The fourth-order valence-electron chi connectivity index (χ4n) is 3.57. The molecule has 0 bridgehead atoms. The Hall–Kier alpha value is -2.73. The van der Waals surface area contributed by atoms with Crippen molar-refractivity contribution in [3.8, 4) is 5.75 Å². The molecule has 32 heavy (non-hydrogen) atoms. The predicted octanol–water partition coefficient (Wildman–Crippen LogP) is 0.0728. The molecule has 11 heteroatoms. The molecule has 0 aliphatic carbocycles. The second-order valence-corrected chi connectivity index (χ2v) is 9.73. The number of aromatic nitrogens is 1. The molecule has 1 atom stereocenters. The van der Waals surface area contributed by atoms with Crippen LogP contribution in [-0.2, 0) is 17.1 Å². The third-order valence-corrected chi connectivity index (χ3v) is 7.22. The molecule has 1 aliphatic heterocycles. The van der Waals surface area contributed by atoms with Gasteiger partial charge in [0.2, 0.25) is 10.0 Å². The molecular formula is C21H28N4O6S. The smallest absolute Gasteiger partial charge is 0.265 e. The Bertz CT molecular complexity index is 1090. The van der Waals surface area contributed by atoms with Crippen LogP contribution in [0.3, 0.4) is 0 Å². The number of Topliss-reactive ketones (excluding diaryl/α,β-unsaturated/α-hetero) is 1. The predicted molar refractivity (Wildman–Crippen MR) is 117 cm³/mol. The summed E-state index contributed by atoms with van der Waals surface area (Å²) in [7, 11) is -2.18. The van der Waals surface area contributed by atoms with Crippen LogP contribution in [0.1, 0.15) is 27.8 Å². The Labute approximate surface area is 187 Å². The van der Waals surface area contributed by atoms with Crippen molar-refractivity contribution in [2.45, 2.75) is 17.9 Å². The van der Waals surface area contributed by atoms with Crippen LogP contribution >= 0.6 is 0 Å².